The number of halogens is 3. The normalized spacial score (nSPS) is 12.2. The van der Waals surface area contributed by atoms with E-state index in [0.29, 0.717) is 15.7 Å². The maximum atomic E-state index is 13.8. The fourth-order valence-electron chi connectivity index (χ4n) is 1.95. The molecule has 1 nitrogen and oxygen atoms in total. The standard InChI is InChI=1S/C15H14Cl2FN/c1-2-14(10-5-3-6-11(16)9-10)19-15-12(17)7-4-8-13(15)18/h3-9,14,19H,2H2,1H3. The Morgan fingerprint density at radius 1 is 1.16 bits per heavy atom. The molecule has 0 radical (unpaired) electrons. The van der Waals surface area contributed by atoms with Gasteiger partial charge in [0.05, 0.1) is 16.8 Å². The average Bonchev–Trinajstić information content (AvgIpc) is 2.38. The second kappa shape index (κ2) is 6.27. The van der Waals surface area contributed by atoms with Crippen LogP contribution in [0.25, 0.3) is 0 Å². The number of benzene rings is 2. The van der Waals surface area contributed by atoms with E-state index in [1.54, 1.807) is 12.1 Å². The van der Waals surface area contributed by atoms with Crippen molar-refractivity contribution in [2.45, 2.75) is 19.4 Å². The molecule has 0 aliphatic heterocycles. The summed E-state index contributed by atoms with van der Waals surface area (Å²) in [6, 6.07) is 12.1. The first-order valence-electron chi connectivity index (χ1n) is 6.08. The lowest BCUT2D eigenvalue weighted by atomic mass is 10.0. The Morgan fingerprint density at radius 3 is 2.53 bits per heavy atom. The van der Waals surface area contributed by atoms with Crippen molar-refractivity contribution < 1.29 is 4.39 Å². The highest BCUT2D eigenvalue weighted by molar-refractivity contribution is 6.33. The van der Waals surface area contributed by atoms with Crippen LogP contribution in [0.15, 0.2) is 42.5 Å². The quantitative estimate of drug-likeness (QED) is 0.764. The molecule has 0 saturated carbocycles. The van der Waals surface area contributed by atoms with Crippen LogP contribution in [0.3, 0.4) is 0 Å². The Bertz CT molecular complexity index is 552. The number of para-hydroxylation sites is 1. The number of rotatable bonds is 4. The minimum Gasteiger partial charge on any atom is -0.375 e. The first-order valence-corrected chi connectivity index (χ1v) is 6.83. The fraction of sp³-hybridized carbons (Fsp3) is 0.200. The van der Waals surface area contributed by atoms with Gasteiger partial charge in [-0.3, -0.25) is 0 Å². The van der Waals surface area contributed by atoms with Crippen LogP contribution in [-0.4, -0.2) is 0 Å². The molecule has 1 unspecified atom stereocenters. The topological polar surface area (TPSA) is 12.0 Å². The van der Waals surface area contributed by atoms with Gasteiger partial charge in [-0.05, 0) is 36.2 Å². The lowest BCUT2D eigenvalue weighted by Gasteiger charge is -2.20. The molecule has 0 bridgehead atoms. The Hall–Kier alpha value is -1.25. The molecule has 0 aliphatic carbocycles. The van der Waals surface area contributed by atoms with Crippen LogP contribution in [0.5, 0.6) is 0 Å². The molecule has 0 amide bonds. The zero-order valence-corrected chi connectivity index (χ0v) is 12.0. The highest BCUT2D eigenvalue weighted by atomic mass is 35.5. The largest absolute Gasteiger partial charge is 0.375 e. The average molecular weight is 298 g/mol. The molecule has 2 rings (SSSR count). The molecular formula is C15H14Cl2FN. The smallest absolute Gasteiger partial charge is 0.147 e. The van der Waals surface area contributed by atoms with E-state index in [4.69, 9.17) is 23.2 Å². The summed E-state index contributed by atoms with van der Waals surface area (Å²) in [5.41, 5.74) is 1.34. The molecule has 0 aromatic heterocycles. The molecule has 1 atom stereocenters. The van der Waals surface area contributed by atoms with E-state index in [-0.39, 0.29) is 11.9 Å². The molecule has 1 N–H and O–H groups in total. The maximum absolute atomic E-state index is 13.8. The van der Waals surface area contributed by atoms with Crippen LogP contribution >= 0.6 is 23.2 Å². The van der Waals surface area contributed by atoms with E-state index >= 15 is 0 Å². The minimum atomic E-state index is -0.354. The van der Waals surface area contributed by atoms with Gasteiger partial charge in [0.1, 0.15) is 5.82 Å². The number of hydrogen-bond donors (Lipinski definition) is 1. The maximum Gasteiger partial charge on any atom is 0.147 e. The minimum absolute atomic E-state index is 0.0342. The molecule has 2 aromatic rings. The zero-order valence-electron chi connectivity index (χ0n) is 10.5. The van der Waals surface area contributed by atoms with Gasteiger partial charge < -0.3 is 5.32 Å². The lowest BCUT2D eigenvalue weighted by molar-refractivity contribution is 0.624. The first-order chi connectivity index (χ1) is 9.11. The van der Waals surface area contributed by atoms with Crippen molar-refractivity contribution in [1.82, 2.24) is 0 Å². The van der Waals surface area contributed by atoms with E-state index in [1.165, 1.54) is 6.07 Å². The third-order valence-electron chi connectivity index (χ3n) is 2.94. The molecule has 19 heavy (non-hydrogen) atoms. The second-order valence-corrected chi connectivity index (χ2v) is 5.10. The SMILES string of the molecule is CCC(Nc1c(F)cccc1Cl)c1cccc(Cl)c1. The Labute approximate surface area is 122 Å². The van der Waals surface area contributed by atoms with E-state index < -0.39 is 0 Å². The third kappa shape index (κ3) is 3.40. The van der Waals surface area contributed by atoms with Gasteiger partial charge in [-0.25, -0.2) is 4.39 Å². The van der Waals surface area contributed by atoms with E-state index in [1.807, 2.05) is 31.2 Å². The van der Waals surface area contributed by atoms with E-state index in [0.717, 1.165) is 12.0 Å². The molecule has 4 heteroatoms. The van der Waals surface area contributed by atoms with Gasteiger partial charge in [-0.1, -0.05) is 48.3 Å². The van der Waals surface area contributed by atoms with Crippen LogP contribution in [0.2, 0.25) is 10.0 Å². The predicted molar refractivity (Wildman–Crippen MR) is 79.5 cm³/mol. The van der Waals surface area contributed by atoms with Crippen LogP contribution in [0.1, 0.15) is 24.9 Å². The molecule has 0 saturated heterocycles. The van der Waals surface area contributed by atoms with Gasteiger partial charge in [0, 0.05) is 5.02 Å². The van der Waals surface area contributed by atoms with Crippen molar-refractivity contribution in [3.05, 3.63) is 63.9 Å². The van der Waals surface area contributed by atoms with Crippen molar-refractivity contribution >= 4 is 28.9 Å². The van der Waals surface area contributed by atoms with Crippen molar-refractivity contribution in [2.24, 2.45) is 0 Å². The number of nitrogens with one attached hydrogen (secondary N) is 1. The highest BCUT2D eigenvalue weighted by Gasteiger charge is 2.14. The first kappa shape index (κ1) is 14.2. The number of hydrogen-bond acceptors (Lipinski definition) is 1. The summed E-state index contributed by atoms with van der Waals surface area (Å²) in [7, 11) is 0. The predicted octanol–water partition coefficient (Wildman–Crippen LogP) is 5.70. The van der Waals surface area contributed by atoms with Gasteiger partial charge in [-0.2, -0.15) is 0 Å². The number of anilines is 1. The summed E-state index contributed by atoms with van der Waals surface area (Å²) in [6.07, 6.45) is 0.797. The summed E-state index contributed by atoms with van der Waals surface area (Å²) in [6.45, 7) is 2.02. The molecule has 2 aromatic carbocycles. The molecular weight excluding hydrogens is 284 g/mol. The van der Waals surface area contributed by atoms with Crippen LogP contribution < -0.4 is 5.32 Å². The van der Waals surface area contributed by atoms with E-state index in [9.17, 15) is 4.39 Å². The van der Waals surface area contributed by atoms with Crippen LogP contribution in [0, 0.1) is 5.82 Å². The zero-order chi connectivity index (χ0) is 13.8. The summed E-state index contributed by atoms with van der Waals surface area (Å²) >= 11 is 12.0. The highest BCUT2D eigenvalue weighted by Crippen LogP contribution is 2.30. The molecule has 0 fully saturated rings. The lowest BCUT2D eigenvalue weighted by Crippen LogP contribution is -2.11. The summed E-state index contributed by atoms with van der Waals surface area (Å²) < 4.78 is 13.8. The Morgan fingerprint density at radius 2 is 1.89 bits per heavy atom. The van der Waals surface area contributed by atoms with Gasteiger partial charge in [-0.15, -0.1) is 0 Å². The van der Waals surface area contributed by atoms with Crippen molar-refractivity contribution in [2.75, 3.05) is 5.32 Å². The molecule has 0 spiro atoms. The Kier molecular flexibility index (Phi) is 4.67. The van der Waals surface area contributed by atoms with E-state index in [2.05, 4.69) is 5.32 Å². The summed E-state index contributed by atoms with van der Waals surface area (Å²) in [4.78, 5) is 0. The van der Waals surface area contributed by atoms with Crippen LogP contribution in [0.4, 0.5) is 10.1 Å². The molecule has 100 valence electrons. The summed E-state index contributed by atoms with van der Waals surface area (Å²) in [5, 5.41) is 4.18. The Balaban J connectivity index is 2.29. The van der Waals surface area contributed by atoms with Crippen LogP contribution in [-0.2, 0) is 0 Å². The van der Waals surface area contributed by atoms with Crippen molar-refractivity contribution in [3.63, 3.8) is 0 Å². The second-order valence-electron chi connectivity index (χ2n) is 4.26. The monoisotopic (exact) mass is 297 g/mol. The van der Waals surface area contributed by atoms with Gasteiger partial charge >= 0.3 is 0 Å². The third-order valence-corrected chi connectivity index (χ3v) is 3.49. The van der Waals surface area contributed by atoms with Gasteiger partial charge in [0.2, 0.25) is 0 Å². The van der Waals surface area contributed by atoms with Gasteiger partial charge in [0.15, 0.2) is 0 Å². The molecule has 0 heterocycles. The fourth-order valence-corrected chi connectivity index (χ4v) is 2.37. The molecule has 0 aliphatic rings. The summed E-state index contributed by atoms with van der Waals surface area (Å²) in [5.74, 6) is -0.354. The van der Waals surface area contributed by atoms with Crippen molar-refractivity contribution in [3.8, 4) is 0 Å². The van der Waals surface area contributed by atoms with Crippen molar-refractivity contribution in [1.29, 1.82) is 0 Å². The van der Waals surface area contributed by atoms with Gasteiger partial charge in [0.25, 0.3) is 0 Å².